The number of fused-ring (bicyclic) bond motifs is 1. The molecule has 0 saturated carbocycles. The van der Waals surface area contributed by atoms with Gasteiger partial charge < -0.3 is 14.6 Å². The average Bonchev–Trinajstić information content (AvgIpc) is 2.27. The van der Waals surface area contributed by atoms with E-state index >= 15 is 0 Å². The van der Waals surface area contributed by atoms with Gasteiger partial charge in [0.25, 0.3) is 0 Å². The third-order valence-electron chi connectivity index (χ3n) is 2.35. The van der Waals surface area contributed by atoms with Crippen molar-refractivity contribution in [1.29, 1.82) is 0 Å². The maximum absolute atomic E-state index is 12.1. The van der Waals surface area contributed by atoms with Gasteiger partial charge in [-0.1, -0.05) is 6.07 Å². The number of rotatable bonds is 2. The van der Waals surface area contributed by atoms with Gasteiger partial charge in [-0.15, -0.1) is 13.2 Å². The second-order valence-corrected chi connectivity index (χ2v) is 3.58. The Morgan fingerprint density at radius 1 is 1.06 bits per heavy atom. The predicted octanol–water partition coefficient (Wildman–Crippen LogP) is 3.45. The van der Waals surface area contributed by atoms with Crippen molar-refractivity contribution in [2.75, 3.05) is 7.11 Å². The fourth-order valence-corrected chi connectivity index (χ4v) is 1.58. The molecule has 0 fully saturated rings. The van der Waals surface area contributed by atoms with Crippen LogP contribution in [0.25, 0.3) is 10.8 Å². The zero-order valence-electron chi connectivity index (χ0n) is 9.28. The van der Waals surface area contributed by atoms with Crippen LogP contribution in [-0.4, -0.2) is 18.6 Å². The largest absolute Gasteiger partial charge is 0.573 e. The number of benzene rings is 2. The molecule has 0 radical (unpaired) electrons. The zero-order chi connectivity index (χ0) is 13.3. The van der Waals surface area contributed by atoms with E-state index in [1.54, 1.807) is 18.2 Å². The first-order valence-electron chi connectivity index (χ1n) is 4.95. The number of methoxy groups -OCH3 is 1. The average molecular weight is 258 g/mol. The van der Waals surface area contributed by atoms with Crippen molar-refractivity contribution in [2.45, 2.75) is 6.36 Å². The molecule has 0 amide bonds. The molecule has 0 heterocycles. The second kappa shape index (κ2) is 4.29. The molecule has 0 aromatic heterocycles. The van der Waals surface area contributed by atoms with E-state index < -0.39 is 17.9 Å². The summed E-state index contributed by atoms with van der Waals surface area (Å²) in [5.41, 5.74) is 0. The Bertz CT molecular complexity index is 579. The Balaban J connectivity index is 2.51. The molecular weight excluding hydrogens is 249 g/mol. The van der Waals surface area contributed by atoms with Crippen LogP contribution in [0, 0.1) is 0 Å². The lowest BCUT2D eigenvalue weighted by molar-refractivity contribution is -0.275. The number of hydrogen-bond acceptors (Lipinski definition) is 3. The van der Waals surface area contributed by atoms with Crippen molar-refractivity contribution in [3.63, 3.8) is 0 Å². The van der Waals surface area contributed by atoms with E-state index in [2.05, 4.69) is 4.74 Å². The molecule has 3 nitrogen and oxygen atoms in total. The van der Waals surface area contributed by atoms with E-state index in [1.165, 1.54) is 13.2 Å². The molecule has 96 valence electrons. The van der Waals surface area contributed by atoms with Crippen LogP contribution in [0.4, 0.5) is 13.2 Å². The third-order valence-corrected chi connectivity index (χ3v) is 2.35. The predicted molar refractivity (Wildman–Crippen MR) is 58.8 cm³/mol. The summed E-state index contributed by atoms with van der Waals surface area (Å²) >= 11 is 0. The number of phenols is 1. The summed E-state index contributed by atoms with van der Waals surface area (Å²) in [5.74, 6) is -0.695. The first kappa shape index (κ1) is 12.3. The summed E-state index contributed by atoms with van der Waals surface area (Å²) in [6, 6.07) is 7.14. The Morgan fingerprint density at radius 3 is 2.39 bits per heavy atom. The summed E-state index contributed by atoms with van der Waals surface area (Å²) in [7, 11) is 1.45. The first-order valence-corrected chi connectivity index (χ1v) is 4.95. The van der Waals surface area contributed by atoms with E-state index in [-0.39, 0.29) is 0 Å². The Morgan fingerprint density at radius 2 is 1.78 bits per heavy atom. The number of ether oxygens (including phenoxy) is 2. The number of hydrogen-bond donors (Lipinski definition) is 1. The standard InChI is InChI=1S/C12H9F3O3/c1-17-9-3-2-7-5-10(16)11(6-8(7)4-9)18-12(13,14)15/h2-6,16H,1H3. The Labute approximate surface area is 100 Å². The Kier molecular flexibility index (Phi) is 2.94. The molecule has 0 unspecified atom stereocenters. The molecule has 0 aliphatic heterocycles. The van der Waals surface area contributed by atoms with Gasteiger partial charge in [0, 0.05) is 0 Å². The van der Waals surface area contributed by atoms with Crippen LogP contribution in [0.2, 0.25) is 0 Å². The Hall–Kier alpha value is -2.11. The second-order valence-electron chi connectivity index (χ2n) is 3.58. The summed E-state index contributed by atoms with van der Waals surface area (Å²) in [5, 5.41) is 10.5. The van der Waals surface area contributed by atoms with Crippen LogP contribution in [0.5, 0.6) is 17.2 Å². The molecular formula is C12H9F3O3. The number of halogens is 3. The van der Waals surface area contributed by atoms with Gasteiger partial charge in [-0.3, -0.25) is 0 Å². The molecule has 0 bridgehead atoms. The molecule has 0 saturated heterocycles. The van der Waals surface area contributed by atoms with Crippen molar-refractivity contribution in [3.05, 3.63) is 30.3 Å². The summed E-state index contributed by atoms with van der Waals surface area (Å²) in [6.45, 7) is 0. The first-order chi connectivity index (χ1) is 8.39. The topological polar surface area (TPSA) is 38.7 Å². The fraction of sp³-hybridized carbons (Fsp3) is 0.167. The van der Waals surface area contributed by atoms with Crippen LogP contribution in [-0.2, 0) is 0 Å². The molecule has 0 aliphatic carbocycles. The van der Waals surface area contributed by atoms with Crippen molar-refractivity contribution >= 4 is 10.8 Å². The van der Waals surface area contributed by atoms with Crippen LogP contribution < -0.4 is 9.47 Å². The highest BCUT2D eigenvalue weighted by Crippen LogP contribution is 2.36. The maximum atomic E-state index is 12.1. The van der Waals surface area contributed by atoms with Crippen molar-refractivity contribution in [3.8, 4) is 17.2 Å². The van der Waals surface area contributed by atoms with Crippen molar-refractivity contribution < 1.29 is 27.8 Å². The van der Waals surface area contributed by atoms with Crippen LogP contribution in [0.1, 0.15) is 0 Å². The minimum atomic E-state index is -4.84. The smallest absolute Gasteiger partial charge is 0.504 e. The molecule has 1 N–H and O–H groups in total. The molecule has 18 heavy (non-hydrogen) atoms. The monoisotopic (exact) mass is 258 g/mol. The normalized spacial score (nSPS) is 11.6. The number of alkyl halides is 3. The van der Waals surface area contributed by atoms with E-state index in [0.717, 1.165) is 6.07 Å². The number of phenolic OH excluding ortho intramolecular Hbond substituents is 1. The van der Waals surface area contributed by atoms with Gasteiger partial charge in [-0.25, -0.2) is 0 Å². The highest BCUT2D eigenvalue weighted by Gasteiger charge is 2.32. The quantitative estimate of drug-likeness (QED) is 0.896. The van der Waals surface area contributed by atoms with Crippen LogP contribution >= 0.6 is 0 Å². The molecule has 0 atom stereocenters. The van der Waals surface area contributed by atoms with E-state index in [1.807, 2.05) is 0 Å². The molecule has 2 rings (SSSR count). The molecule has 2 aromatic rings. The van der Waals surface area contributed by atoms with Crippen LogP contribution in [0.3, 0.4) is 0 Å². The zero-order valence-corrected chi connectivity index (χ0v) is 9.28. The third kappa shape index (κ3) is 2.58. The van der Waals surface area contributed by atoms with Gasteiger partial charge >= 0.3 is 6.36 Å². The molecule has 0 spiro atoms. The molecule has 2 aromatic carbocycles. The molecule has 0 aliphatic rings. The van der Waals surface area contributed by atoms with Crippen LogP contribution in [0.15, 0.2) is 30.3 Å². The molecule has 6 heteroatoms. The summed E-state index contributed by atoms with van der Waals surface area (Å²) in [6.07, 6.45) is -4.84. The highest BCUT2D eigenvalue weighted by atomic mass is 19.4. The lowest BCUT2D eigenvalue weighted by Gasteiger charge is -2.11. The van der Waals surface area contributed by atoms with Gasteiger partial charge in [-0.05, 0) is 35.0 Å². The van der Waals surface area contributed by atoms with E-state index in [4.69, 9.17) is 4.74 Å². The lowest BCUT2D eigenvalue weighted by atomic mass is 10.1. The summed E-state index contributed by atoms with van der Waals surface area (Å²) in [4.78, 5) is 0. The van der Waals surface area contributed by atoms with Gasteiger partial charge in [0.05, 0.1) is 7.11 Å². The van der Waals surface area contributed by atoms with Gasteiger partial charge in [-0.2, -0.15) is 0 Å². The maximum Gasteiger partial charge on any atom is 0.573 e. The minimum Gasteiger partial charge on any atom is -0.504 e. The summed E-state index contributed by atoms with van der Waals surface area (Å²) < 4.78 is 45.0. The fourth-order valence-electron chi connectivity index (χ4n) is 1.58. The van der Waals surface area contributed by atoms with Gasteiger partial charge in [0.1, 0.15) is 5.75 Å². The van der Waals surface area contributed by atoms with E-state index in [9.17, 15) is 18.3 Å². The van der Waals surface area contributed by atoms with E-state index in [0.29, 0.717) is 16.5 Å². The lowest BCUT2D eigenvalue weighted by Crippen LogP contribution is -2.17. The van der Waals surface area contributed by atoms with Gasteiger partial charge in [0.2, 0.25) is 0 Å². The van der Waals surface area contributed by atoms with Crippen molar-refractivity contribution in [2.24, 2.45) is 0 Å². The van der Waals surface area contributed by atoms with Gasteiger partial charge in [0.15, 0.2) is 11.5 Å². The minimum absolute atomic E-state index is 0.478. The SMILES string of the molecule is COc1ccc2cc(O)c(OC(F)(F)F)cc2c1. The highest BCUT2D eigenvalue weighted by molar-refractivity contribution is 5.87. The number of aromatic hydroxyl groups is 1. The van der Waals surface area contributed by atoms with Crippen molar-refractivity contribution in [1.82, 2.24) is 0 Å².